The van der Waals surface area contributed by atoms with E-state index in [9.17, 15) is 18.0 Å². The minimum absolute atomic E-state index is 0.0104. The van der Waals surface area contributed by atoms with E-state index in [1.54, 1.807) is 47.4 Å². The Bertz CT molecular complexity index is 968. The summed E-state index contributed by atoms with van der Waals surface area (Å²) >= 11 is 0. The van der Waals surface area contributed by atoms with Gasteiger partial charge < -0.3 is 10.2 Å². The zero-order valence-electron chi connectivity index (χ0n) is 14.4. The van der Waals surface area contributed by atoms with E-state index in [1.807, 2.05) is 0 Å². The van der Waals surface area contributed by atoms with Crippen molar-refractivity contribution in [2.75, 3.05) is 27.7 Å². The number of anilines is 3. The van der Waals surface area contributed by atoms with E-state index in [4.69, 9.17) is 0 Å². The average molecular weight is 373 g/mol. The number of benzene rings is 2. The molecule has 0 saturated heterocycles. The summed E-state index contributed by atoms with van der Waals surface area (Å²) in [6.07, 6.45) is 1.80. The summed E-state index contributed by atoms with van der Waals surface area (Å²) in [5.74, 6) is -0.276. The Labute approximate surface area is 152 Å². The molecule has 1 heterocycles. The first kappa shape index (κ1) is 17.9. The first-order chi connectivity index (χ1) is 12.2. The third-order valence-electron chi connectivity index (χ3n) is 4.06. The zero-order valence-corrected chi connectivity index (χ0v) is 15.3. The normalized spacial score (nSPS) is 13.2. The molecule has 0 aliphatic carbocycles. The lowest BCUT2D eigenvalue weighted by molar-refractivity contribution is -0.116. The molecule has 8 heteroatoms. The molecule has 0 radical (unpaired) electrons. The Balaban J connectivity index is 1.72. The average Bonchev–Trinajstić information content (AvgIpc) is 2.98. The molecule has 3 rings (SSSR count). The van der Waals surface area contributed by atoms with Crippen LogP contribution in [0.5, 0.6) is 0 Å². The van der Waals surface area contributed by atoms with Crippen molar-refractivity contribution in [2.45, 2.75) is 13.3 Å². The lowest BCUT2D eigenvalue weighted by Crippen LogP contribution is -2.25. The summed E-state index contributed by atoms with van der Waals surface area (Å²) in [7, 11) is -3.34. The predicted molar refractivity (Wildman–Crippen MR) is 101 cm³/mol. The number of fused-ring (bicyclic) bond motifs is 1. The number of rotatable bonds is 4. The van der Waals surface area contributed by atoms with Crippen LogP contribution in [0.2, 0.25) is 0 Å². The fraction of sp³-hybridized carbons (Fsp3) is 0.222. The molecule has 2 amide bonds. The Morgan fingerprint density at radius 2 is 1.69 bits per heavy atom. The smallest absolute Gasteiger partial charge is 0.255 e. The standard InChI is InChI=1S/C18H19N3O4S/c1-12(22)21-10-9-13-11-14(3-8-17(13)21)18(23)19-15-4-6-16(7-5-15)20-26(2,24)25/h3-8,11,20H,9-10H2,1-2H3,(H,19,23). The van der Waals surface area contributed by atoms with Crippen molar-refractivity contribution < 1.29 is 18.0 Å². The van der Waals surface area contributed by atoms with Crippen molar-refractivity contribution >= 4 is 38.9 Å². The number of hydrogen-bond donors (Lipinski definition) is 2. The maximum atomic E-state index is 12.4. The molecule has 2 aromatic rings. The van der Waals surface area contributed by atoms with Gasteiger partial charge in [0.2, 0.25) is 15.9 Å². The molecular weight excluding hydrogens is 354 g/mol. The number of nitrogens with one attached hydrogen (secondary N) is 2. The highest BCUT2D eigenvalue weighted by molar-refractivity contribution is 7.92. The molecule has 2 N–H and O–H groups in total. The van der Waals surface area contributed by atoms with Gasteiger partial charge in [0.15, 0.2) is 0 Å². The summed E-state index contributed by atoms with van der Waals surface area (Å²) in [6.45, 7) is 2.16. The monoisotopic (exact) mass is 373 g/mol. The highest BCUT2D eigenvalue weighted by Gasteiger charge is 2.23. The van der Waals surface area contributed by atoms with Crippen molar-refractivity contribution in [2.24, 2.45) is 0 Å². The number of nitrogens with zero attached hydrogens (tertiary/aromatic N) is 1. The van der Waals surface area contributed by atoms with Gasteiger partial charge >= 0.3 is 0 Å². The molecule has 0 spiro atoms. The Hall–Kier alpha value is -2.87. The van der Waals surface area contributed by atoms with Crippen LogP contribution >= 0.6 is 0 Å². The van der Waals surface area contributed by atoms with Crippen LogP contribution in [0.15, 0.2) is 42.5 Å². The van der Waals surface area contributed by atoms with Gasteiger partial charge in [0.25, 0.3) is 5.91 Å². The van der Waals surface area contributed by atoms with Gasteiger partial charge in [0.1, 0.15) is 0 Å². The van der Waals surface area contributed by atoms with Gasteiger partial charge in [-0.25, -0.2) is 8.42 Å². The fourth-order valence-corrected chi connectivity index (χ4v) is 3.47. The Kier molecular flexibility index (Phi) is 4.69. The van der Waals surface area contributed by atoms with E-state index in [0.29, 0.717) is 23.5 Å². The Morgan fingerprint density at radius 1 is 1.04 bits per heavy atom. The molecule has 1 aliphatic rings. The second-order valence-corrected chi connectivity index (χ2v) is 7.92. The SMILES string of the molecule is CC(=O)N1CCc2cc(C(=O)Nc3ccc(NS(C)(=O)=O)cc3)ccc21. The van der Waals surface area contributed by atoms with Gasteiger partial charge in [-0.1, -0.05) is 0 Å². The van der Waals surface area contributed by atoms with Gasteiger partial charge in [0, 0.05) is 36.1 Å². The van der Waals surface area contributed by atoms with Gasteiger partial charge in [-0.15, -0.1) is 0 Å². The summed E-state index contributed by atoms with van der Waals surface area (Å²) in [5.41, 5.74) is 3.31. The van der Waals surface area contributed by atoms with Crippen LogP contribution in [0, 0.1) is 0 Å². The van der Waals surface area contributed by atoms with E-state index < -0.39 is 10.0 Å². The molecule has 26 heavy (non-hydrogen) atoms. The van der Waals surface area contributed by atoms with E-state index >= 15 is 0 Å². The summed E-state index contributed by atoms with van der Waals surface area (Å²) in [4.78, 5) is 25.7. The maximum absolute atomic E-state index is 12.4. The first-order valence-corrected chi connectivity index (χ1v) is 9.92. The van der Waals surface area contributed by atoms with Crippen LogP contribution in [0.25, 0.3) is 0 Å². The van der Waals surface area contributed by atoms with Gasteiger partial charge in [-0.3, -0.25) is 14.3 Å². The molecular formula is C18H19N3O4S. The van der Waals surface area contributed by atoms with Crippen LogP contribution in [0.1, 0.15) is 22.8 Å². The van der Waals surface area contributed by atoms with Crippen molar-refractivity contribution in [3.05, 3.63) is 53.6 Å². The predicted octanol–water partition coefficient (Wildman–Crippen LogP) is 2.22. The van der Waals surface area contributed by atoms with E-state index in [-0.39, 0.29) is 11.8 Å². The third-order valence-corrected chi connectivity index (χ3v) is 4.67. The molecule has 0 unspecified atom stereocenters. The number of sulfonamides is 1. The molecule has 7 nitrogen and oxygen atoms in total. The van der Waals surface area contributed by atoms with Gasteiger partial charge in [0.05, 0.1) is 6.26 Å². The minimum atomic E-state index is -3.34. The second kappa shape index (κ2) is 6.80. The van der Waals surface area contributed by atoms with E-state index in [2.05, 4.69) is 10.0 Å². The van der Waals surface area contributed by atoms with Crippen LogP contribution in [-0.4, -0.2) is 33.0 Å². The maximum Gasteiger partial charge on any atom is 0.255 e. The molecule has 136 valence electrons. The topological polar surface area (TPSA) is 95.6 Å². The quantitative estimate of drug-likeness (QED) is 0.859. The van der Waals surface area contributed by atoms with Crippen molar-refractivity contribution in [1.29, 1.82) is 0 Å². The van der Waals surface area contributed by atoms with Crippen molar-refractivity contribution in [3.8, 4) is 0 Å². The Morgan fingerprint density at radius 3 is 2.31 bits per heavy atom. The zero-order chi connectivity index (χ0) is 18.9. The highest BCUT2D eigenvalue weighted by Crippen LogP contribution is 2.29. The van der Waals surface area contributed by atoms with Crippen LogP contribution < -0.4 is 14.9 Å². The van der Waals surface area contributed by atoms with E-state index in [0.717, 1.165) is 23.9 Å². The van der Waals surface area contributed by atoms with Crippen molar-refractivity contribution in [1.82, 2.24) is 0 Å². The minimum Gasteiger partial charge on any atom is -0.322 e. The number of hydrogen-bond acceptors (Lipinski definition) is 4. The number of carbonyl (C=O) groups excluding carboxylic acids is 2. The van der Waals surface area contributed by atoms with Gasteiger partial charge in [-0.05, 0) is 54.4 Å². The largest absolute Gasteiger partial charge is 0.322 e. The fourth-order valence-electron chi connectivity index (χ4n) is 2.91. The highest BCUT2D eigenvalue weighted by atomic mass is 32.2. The molecule has 0 atom stereocenters. The number of carbonyl (C=O) groups is 2. The van der Waals surface area contributed by atoms with Crippen molar-refractivity contribution in [3.63, 3.8) is 0 Å². The molecule has 2 aromatic carbocycles. The summed E-state index contributed by atoms with van der Waals surface area (Å²) in [5, 5.41) is 2.78. The van der Waals surface area contributed by atoms with E-state index in [1.165, 1.54) is 6.92 Å². The molecule has 0 aromatic heterocycles. The van der Waals surface area contributed by atoms with Crippen LogP contribution in [-0.2, 0) is 21.2 Å². The summed E-state index contributed by atoms with van der Waals surface area (Å²) < 4.78 is 24.8. The summed E-state index contributed by atoms with van der Waals surface area (Å²) in [6, 6.07) is 11.7. The lowest BCUT2D eigenvalue weighted by Gasteiger charge is -2.14. The molecule has 0 fully saturated rings. The first-order valence-electron chi connectivity index (χ1n) is 8.03. The number of amides is 2. The third kappa shape index (κ3) is 4.02. The lowest BCUT2D eigenvalue weighted by atomic mass is 10.1. The van der Waals surface area contributed by atoms with Gasteiger partial charge in [-0.2, -0.15) is 0 Å². The second-order valence-electron chi connectivity index (χ2n) is 6.17. The molecule has 0 bridgehead atoms. The molecule has 0 saturated carbocycles. The van der Waals surface area contributed by atoms with Crippen LogP contribution in [0.4, 0.5) is 17.1 Å². The van der Waals surface area contributed by atoms with Crippen LogP contribution in [0.3, 0.4) is 0 Å². The molecule has 1 aliphatic heterocycles.